The fraction of sp³-hybridized carbons (Fsp3) is 0.167. The molecule has 3 rings (SSSR count). The van der Waals surface area contributed by atoms with Gasteiger partial charge in [0.05, 0.1) is 17.4 Å². The van der Waals surface area contributed by atoms with Gasteiger partial charge in [0, 0.05) is 20.5 Å². The van der Waals surface area contributed by atoms with Crippen molar-refractivity contribution in [1.29, 1.82) is 0 Å². The number of fused-ring (bicyclic) bond motifs is 1. The van der Waals surface area contributed by atoms with Gasteiger partial charge in [-0.25, -0.2) is 0 Å². The van der Waals surface area contributed by atoms with Gasteiger partial charge in [-0.15, -0.1) is 11.8 Å². The molecule has 2 aromatic rings. The monoisotopic (exact) mass is 409 g/mol. The van der Waals surface area contributed by atoms with Gasteiger partial charge < -0.3 is 10.1 Å². The molecule has 1 aliphatic rings. The predicted molar refractivity (Wildman–Crippen MR) is 101 cm³/mol. The van der Waals surface area contributed by atoms with Gasteiger partial charge >= 0.3 is 5.97 Å². The fourth-order valence-electron chi connectivity index (χ4n) is 2.33. The first-order valence-electron chi connectivity index (χ1n) is 7.64. The Morgan fingerprint density at radius 3 is 2.50 bits per heavy atom. The summed E-state index contributed by atoms with van der Waals surface area (Å²) in [7, 11) is 0. The van der Waals surface area contributed by atoms with E-state index in [0.717, 1.165) is 4.90 Å². The maximum atomic E-state index is 12.1. The summed E-state index contributed by atoms with van der Waals surface area (Å²) in [5.41, 5.74) is 1.02. The van der Waals surface area contributed by atoms with E-state index in [9.17, 15) is 14.4 Å². The molecule has 1 amide bonds. The second-order valence-corrected chi connectivity index (χ2v) is 7.65. The van der Waals surface area contributed by atoms with Crippen LogP contribution in [0, 0.1) is 0 Å². The minimum absolute atomic E-state index is 0.132. The van der Waals surface area contributed by atoms with E-state index in [0.29, 0.717) is 21.3 Å². The summed E-state index contributed by atoms with van der Waals surface area (Å²) >= 11 is 12.9. The van der Waals surface area contributed by atoms with Gasteiger partial charge in [-0.05, 0) is 42.5 Å². The Labute approximate surface area is 164 Å². The molecule has 134 valence electrons. The molecule has 26 heavy (non-hydrogen) atoms. The zero-order valence-electron chi connectivity index (χ0n) is 13.3. The Balaban J connectivity index is 1.55. The van der Waals surface area contributed by atoms with E-state index in [-0.39, 0.29) is 24.7 Å². The average molecular weight is 410 g/mol. The van der Waals surface area contributed by atoms with Crippen LogP contribution in [0.4, 0.5) is 5.69 Å². The largest absolute Gasteiger partial charge is 0.457 e. The van der Waals surface area contributed by atoms with E-state index in [2.05, 4.69) is 5.32 Å². The van der Waals surface area contributed by atoms with Crippen LogP contribution in [-0.4, -0.2) is 29.5 Å². The van der Waals surface area contributed by atoms with Crippen molar-refractivity contribution in [1.82, 2.24) is 0 Å². The summed E-state index contributed by atoms with van der Waals surface area (Å²) < 4.78 is 5.01. The van der Waals surface area contributed by atoms with Crippen LogP contribution < -0.4 is 5.32 Å². The molecule has 1 unspecified atom stereocenters. The van der Waals surface area contributed by atoms with Gasteiger partial charge in [0.15, 0.2) is 12.4 Å². The van der Waals surface area contributed by atoms with Crippen LogP contribution in [0.1, 0.15) is 16.8 Å². The lowest BCUT2D eigenvalue weighted by Crippen LogP contribution is -2.31. The molecule has 0 saturated heterocycles. The molecule has 0 aromatic heterocycles. The molecular formula is C18H13Cl2NO4S. The van der Waals surface area contributed by atoms with Gasteiger partial charge in [0.25, 0.3) is 0 Å². The molecule has 2 aromatic carbocycles. The van der Waals surface area contributed by atoms with Gasteiger partial charge in [-0.2, -0.15) is 0 Å². The number of hydrogen-bond donors (Lipinski definition) is 1. The highest BCUT2D eigenvalue weighted by Gasteiger charge is 2.29. The molecule has 0 bridgehead atoms. The van der Waals surface area contributed by atoms with Crippen molar-refractivity contribution in [3.8, 4) is 0 Å². The SMILES string of the molecule is O=C(CC1Sc2ccc(Cl)cc2NC1=O)OCC(=O)c1ccc(Cl)cc1. The number of ketones is 1. The molecular weight excluding hydrogens is 397 g/mol. The maximum Gasteiger partial charge on any atom is 0.307 e. The minimum Gasteiger partial charge on any atom is -0.457 e. The third kappa shape index (κ3) is 4.58. The molecule has 0 aliphatic carbocycles. The lowest BCUT2D eigenvalue weighted by Gasteiger charge is -2.23. The molecule has 1 N–H and O–H groups in total. The molecule has 5 nitrogen and oxygen atoms in total. The Bertz CT molecular complexity index is 870. The average Bonchev–Trinajstić information content (AvgIpc) is 2.61. The number of Topliss-reactive ketones (excluding diaryl/α,β-unsaturated/α-hetero) is 1. The molecule has 1 aliphatic heterocycles. The summed E-state index contributed by atoms with van der Waals surface area (Å²) in [6.45, 7) is -0.383. The van der Waals surface area contributed by atoms with E-state index in [1.165, 1.54) is 11.8 Å². The predicted octanol–water partition coefficient (Wildman–Crippen LogP) is 4.22. The number of amides is 1. The summed E-state index contributed by atoms with van der Waals surface area (Å²) in [6.07, 6.45) is -0.132. The number of anilines is 1. The Kier molecular flexibility index (Phi) is 5.86. The van der Waals surface area contributed by atoms with Crippen molar-refractivity contribution in [2.75, 3.05) is 11.9 Å². The van der Waals surface area contributed by atoms with E-state index in [1.54, 1.807) is 42.5 Å². The standard InChI is InChI=1S/C18H13Cl2NO4S/c19-11-3-1-10(2-4-11)14(22)9-25-17(23)8-16-18(24)21-13-7-12(20)5-6-15(13)26-16/h1-7,16H,8-9H2,(H,21,24). The summed E-state index contributed by atoms with van der Waals surface area (Å²) in [6, 6.07) is 11.4. The highest BCUT2D eigenvalue weighted by molar-refractivity contribution is 8.01. The third-order valence-corrected chi connectivity index (χ3v) is 5.41. The Hall–Kier alpha value is -2.02. The number of thioether (sulfide) groups is 1. The first-order chi connectivity index (χ1) is 12.4. The van der Waals surface area contributed by atoms with Crippen LogP contribution >= 0.6 is 35.0 Å². The number of rotatable bonds is 5. The third-order valence-electron chi connectivity index (χ3n) is 3.64. The molecule has 8 heteroatoms. The highest BCUT2D eigenvalue weighted by atomic mass is 35.5. The first-order valence-corrected chi connectivity index (χ1v) is 9.27. The number of esters is 1. The molecule has 1 heterocycles. The first kappa shape index (κ1) is 18.8. The quantitative estimate of drug-likeness (QED) is 0.590. The topological polar surface area (TPSA) is 72.5 Å². The van der Waals surface area contributed by atoms with Gasteiger partial charge in [0.1, 0.15) is 0 Å². The van der Waals surface area contributed by atoms with Crippen LogP contribution in [0.3, 0.4) is 0 Å². The molecule has 0 spiro atoms. The molecule has 1 atom stereocenters. The summed E-state index contributed by atoms with van der Waals surface area (Å²) in [4.78, 5) is 37.0. The highest BCUT2D eigenvalue weighted by Crippen LogP contribution is 2.38. The van der Waals surface area contributed by atoms with Crippen LogP contribution in [-0.2, 0) is 14.3 Å². The summed E-state index contributed by atoms with van der Waals surface area (Å²) in [5.74, 6) is -1.25. The normalized spacial score (nSPS) is 15.8. The number of benzene rings is 2. The fourth-order valence-corrected chi connectivity index (χ4v) is 3.71. The van der Waals surface area contributed by atoms with Crippen LogP contribution in [0.25, 0.3) is 0 Å². The van der Waals surface area contributed by atoms with Crippen molar-refractivity contribution < 1.29 is 19.1 Å². The number of hydrogen-bond acceptors (Lipinski definition) is 5. The molecule has 0 saturated carbocycles. The van der Waals surface area contributed by atoms with Gasteiger partial charge in [-0.1, -0.05) is 23.2 Å². The Morgan fingerprint density at radius 1 is 1.08 bits per heavy atom. The van der Waals surface area contributed by atoms with Crippen LogP contribution in [0.2, 0.25) is 10.0 Å². The van der Waals surface area contributed by atoms with Crippen molar-refractivity contribution >= 4 is 58.3 Å². The number of nitrogens with one attached hydrogen (secondary N) is 1. The second-order valence-electron chi connectivity index (χ2n) is 5.53. The van der Waals surface area contributed by atoms with E-state index in [1.807, 2.05) is 0 Å². The van der Waals surface area contributed by atoms with Crippen molar-refractivity contribution in [2.24, 2.45) is 0 Å². The van der Waals surface area contributed by atoms with Crippen molar-refractivity contribution in [2.45, 2.75) is 16.6 Å². The smallest absolute Gasteiger partial charge is 0.307 e. The second kappa shape index (κ2) is 8.12. The molecule has 0 fully saturated rings. The lowest BCUT2D eigenvalue weighted by atomic mass is 10.1. The zero-order valence-corrected chi connectivity index (χ0v) is 15.7. The van der Waals surface area contributed by atoms with Gasteiger partial charge in [0.2, 0.25) is 5.91 Å². The summed E-state index contributed by atoms with van der Waals surface area (Å²) in [5, 5.41) is 3.13. The number of ether oxygens (including phenoxy) is 1. The number of carbonyl (C=O) groups excluding carboxylic acids is 3. The minimum atomic E-state index is -0.623. The van der Waals surface area contributed by atoms with E-state index >= 15 is 0 Å². The van der Waals surface area contributed by atoms with Crippen molar-refractivity contribution in [3.63, 3.8) is 0 Å². The maximum absolute atomic E-state index is 12.1. The van der Waals surface area contributed by atoms with E-state index in [4.69, 9.17) is 27.9 Å². The Morgan fingerprint density at radius 2 is 1.77 bits per heavy atom. The number of halogens is 2. The van der Waals surface area contributed by atoms with Gasteiger partial charge in [-0.3, -0.25) is 14.4 Å². The van der Waals surface area contributed by atoms with E-state index < -0.39 is 11.2 Å². The molecule has 0 radical (unpaired) electrons. The van der Waals surface area contributed by atoms with Crippen LogP contribution in [0.5, 0.6) is 0 Å². The zero-order chi connectivity index (χ0) is 18.7. The van der Waals surface area contributed by atoms with Crippen molar-refractivity contribution in [3.05, 3.63) is 58.1 Å². The number of carbonyl (C=O) groups is 3. The lowest BCUT2D eigenvalue weighted by molar-refractivity contribution is -0.143. The van der Waals surface area contributed by atoms with Crippen LogP contribution in [0.15, 0.2) is 47.4 Å².